The van der Waals surface area contributed by atoms with Gasteiger partial charge in [-0.25, -0.2) is 17.5 Å². The molecule has 0 aliphatic heterocycles. The number of nitrogens with one attached hydrogen (secondary N) is 2. The van der Waals surface area contributed by atoms with Crippen molar-refractivity contribution in [1.82, 2.24) is 9.71 Å². The molecule has 0 radical (unpaired) electrons. The molecule has 4 rings (SSSR count). The van der Waals surface area contributed by atoms with Gasteiger partial charge >= 0.3 is 6.18 Å². The number of fused-ring (bicyclic) bond motifs is 1. The van der Waals surface area contributed by atoms with Crippen LogP contribution in [0.5, 0.6) is 0 Å². The standard InChI is InChI=1S/C25H22F4N2O4S/c1-14-2-8-21(26)19(24(14)33)13-30-36(34,35)17-6-3-15(4-7-17)10-16-5-9-22-18(11-16)20(25(27,28)29)12-23(32)31-22/h2-9,11-12,19,24,30,33H,10,13H2,1H3,(H,31,32). The molecular weight excluding hydrogens is 500 g/mol. The van der Waals surface area contributed by atoms with Gasteiger partial charge < -0.3 is 10.1 Å². The number of alkyl halides is 3. The summed E-state index contributed by atoms with van der Waals surface area (Å²) in [5, 5.41) is 9.99. The number of allylic oxidation sites excluding steroid dienone is 2. The van der Waals surface area contributed by atoms with E-state index >= 15 is 0 Å². The molecule has 0 amide bonds. The zero-order valence-electron chi connectivity index (χ0n) is 18.9. The van der Waals surface area contributed by atoms with Crippen LogP contribution in [0.2, 0.25) is 0 Å². The monoisotopic (exact) mass is 522 g/mol. The van der Waals surface area contributed by atoms with Crippen LogP contribution in [0.25, 0.3) is 10.9 Å². The number of benzene rings is 2. The molecule has 0 bridgehead atoms. The molecule has 2 unspecified atom stereocenters. The van der Waals surface area contributed by atoms with E-state index < -0.39 is 45.2 Å². The van der Waals surface area contributed by atoms with Crippen molar-refractivity contribution >= 4 is 20.9 Å². The molecule has 3 N–H and O–H groups in total. The van der Waals surface area contributed by atoms with Gasteiger partial charge in [0, 0.05) is 23.5 Å². The number of hydrogen-bond acceptors (Lipinski definition) is 4. The van der Waals surface area contributed by atoms with Gasteiger partial charge in [0.2, 0.25) is 15.6 Å². The normalized spacial score (nSPS) is 18.7. The Hall–Kier alpha value is -3.28. The Kier molecular flexibility index (Phi) is 6.91. The molecule has 190 valence electrons. The summed E-state index contributed by atoms with van der Waals surface area (Å²) in [4.78, 5) is 13.9. The fourth-order valence-corrected chi connectivity index (χ4v) is 5.12. The van der Waals surface area contributed by atoms with E-state index in [0.717, 1.165) is 0 Å². The predicted octanol–water partition coefficient (Wildman–Crippen LogP) is 4.21. The summed E-state index contributed by atoms with van der Waals surface area (Å²) in [6.07, 6.45) is -3.00. The summed E-state index contributed by atoms with van der Waals surface area (Å²) < 4.78 is 81.9. The number of aliphatic hydroxyl groups excluding tert-OH is 1. The minimum atomic E-state index is -4.70. The highest BCUT2D eigenvalue weighted by molar-refractivity contribution is 7.89. The van der Waals surface area contributed by atoms with Gasteiger partial charge in [0.1, 0.15) is 5.83 Å². The number of aromatic amines is 1. The second-order valence-electron chi connectivity index (χ2n) is 8.61. The maximum absolute atomic E-state index is 14.1. The van der Waals surface area contributed by atoms with Crippen molar-refractivity contribution in [3.8, 4) is 0 Å². The van der Waals surface area contributed by atoms with Crippen LogP contribution in [0, 0.1) is 5.92 Å². The summed E-state index contributed by atoms with van der Waals surface area (Å²) in [5.41, 5.74) is -0.125. The second kappa shape index (κ2) is 9.64. The second-order valence-corrected chi connectivity index (χ2v) is 10.4. The number of sulfonamides is 1. The molecule has 0 fully saturated rings. The van der Waals surface area contributed by atoms with E-state index in [2.05, 4.69) is 9.71 Å². The molecule has 2 aromatic carbocycles. The van der Waals surface area contributed by atoms with Crippen molar-refractivity contribution in [1.29, 1.82) is 0 Å². The highest BCUT2D eigenvalue weighted by Crippen LogP contribution is 2.34. The van der Waals surface area contributed by atoms with Gasteiger partial charge in [-0.2, -0.15) is 13.2 Å². The summed E-state index contributed by atoms with van der Waals surface area (Å²) >= 11 is 0. The number of pyridine rings is 1. The minimum absolute atomic E-state index is 0.0612. The Labute approximate surface area is 204 Å². The van der Waals surface area contributed by atoms with Gasteiger partial charge in [0.05, 0.1) is 22.5 Å². The van der Waals surface area contributed by atoms with Gasteiger partial charge in [0.25, 0.3) is 0 Å². The first-order valence-corrected chi connectivity index (χ1v) is 12.4. The van der Waals surface area contributed by atoms with E-state index in [-0.39, 0.29) is 28.8 Å². The van der Waals surface area contributed by atoms with Crippen LogP contribution in [0.15, 0.2) is 81.8 Å². The Morgan fingerprint density at radius 2 is 1.69 bits per heavy atom. The van der Waals surface area contributed by atoms with E-state index in [1.54, 1.807) is 13.0 Å². The molecule has 1 heterocycles. The third-order valence-corrected chi connectivity index (χ3v) is 7.49. The van der Waals surface area contributed by atoms with Crippen LogP contribution in [-0.2, 0) is 22.6 Å². The maximum Gasteiger partial charge on any atom is 0.417 e. The van der Waals surface area contributed by atoms with Crippen LogP contribution in [0.1, 0.15) is 23.6 Å². The molecule has 3 aromatic rings. The van der Waals surface area contributed by atoms with Crippen LogP contribution < -0.4 is 10.3 Å². The van der Waals surface area contributed by atoms with E-state index in [4.69, 9.17) is 0 Å². The number of aromatic nitrogens is 1. The zero-order chi connectivity index (χ0) is 26.3. The summed E-state index contributed by atoms with van der Waals surface area (Å²) in [7, 11) is -4.00. The lowest BCUT2D eigenvalue weighted by atomic mass is 9.91. The van der Waals surface area contributed by atoms with E-state index in [1.165, 1.54) is 48.6 Å². The molecule has 2 atom stereocenters. The van der Waals surface area contributed by atoms with Crippen LogP contribution in [0.4, 0.5) is 17.6 Å². The lowest BCUT2D eigenvalue weighted by Crippen LogP contribution is -2.36. The van der Waals surface area contributed by atoms with Gasteiger partial charge in [-0.3, -0.25) is 4.79 Å². The number of rotatable bonds is 6. The van der Waals surface area contributed by atoms with Crippen molar-refractivity contribution in [3.05, 3.63) is 99.1 Å². The third kappa shape index (κ3) is 5.43. The van der Waals surface area contributed by atoms with Crippen molar-refractivity contribution < 1.29 is 31.1 Å². The molecule has 1 aliphatic carbocycles. The fourth-order valence-electron chi connectivity index (χ4n) is 4.06. The van der Waals surface area contributed by atoms with Crippen LogP contribution >= 0.6 is 0 Å². The molecule has 0 saturated carbocycles. The molecule has 6 nitrogen and oxygen atoms in total. The van der Waals surface area contributed by atoms with Crippen molar-refractivity contribution in [2.24, 2.45) is 5.92 Å². The summed E-state index contributed by atoms with van der Waals surface area (Å²) in [5.74, 6) is -1.66. The van der Waals surface area contributed by atoms with E-state index in [1.807, 2.05) is 0 Å². The first kappa shape index (κ1) is 25.8. The molecule has 1 aromatic heterocycles. The lowest BCUT2D eigenvalue weighted by Gasteiger charge is -2.25. The van der Waals surface area contributed by atoms with Crippen LogP contribution in [0.3, 0.4) is 0 Å². The first-order chi connectivity index (χ1) is 16.8. The first-order valence-electron chi connectivity index (χ1n) is 10.9. The average molecular weight is 523 g/mol. The number of aliphatic hydroxyl groups is 1. The molecule has 0 saturated heterocycles. The van der Waals surface area contributed by atoms with Gasteiger partial charge in [0.15, 0.2) is 0 Å². The largest absolute Gasteiger partial charge is 0.417 e. The smallest absolute Gasteiger partial charge is 0.388 e. The Morgan fingerprint density at radius 3 is 2.36 bits per heavy atom. The Bertz CT molecular complexity index is 1520. The molecule has 0 spiro atoms. The fraction of sp³-hybridized carbons (Fsp3) is 0.240. The Balaban J connectivity index is 1.51. The van der Waals surface area contributed by atoms with Gasteiger partial charge in [-0.1, -0.05) is 24.3 Å². The summed E-state index contributed by atoms with van der Waals surface area (Å²) in [6, 6.07) is 10.6. The summed E-state index contributed by atoms with van der Waals surface area (Å²) in [6.45, 7) is 1.28. The topological polar surface area (TPSA) is 99.3 Å². The third-order valence-electron chi connectivity index (χ3n) is 6.06. The van der Waals surface area contributed by atoms with Gasteiger partial charge in [-0.05, 0) is 60.4 Å². The number of hydrogen-bond donors (Lipinski definition) is 3. The minimum Gasteiger partial charge on any atom is -0.388 e. The Morgan fingerprint density at radius 1 is 1.03 bits per heavy atom. The van der Waals surface area contributed by atoms with Gasteiger partial charge in [-0.15, -0.1) is 0 Å². The molecular formula is C25H22F4N2O4S. The number of halogens is 4. The predicted molar refractivity (Wildman–Crippen MR) is 126 cm³/mol. The quantitative estimate of drug-likeness (QED) is 0.423. The highest BCUT2D eigenvalue weighted by Gasteiger charge is 2.33. The zero-order valence-corrected chi connectivity index (χ0v) is 19.8. The highest BCUT2D eigenvalue weighted by atomic mass is 32.2. The SMILES string of the molecule is CC1=CC=C(F)C(CNS(=O)(=O)c2ccc(Cc3ccc4[nH]c(=O)cc(C(F)(F)F)c4c3)cc2)C1O. The van der Waals surface area contributed by atoms with E-state index in [9.17, 15) is 35.9 Å². The number of H-pyrrole nitrogens is 1. The molecule has 1 aliphatic rings. The van der Waals surface area contributed by atoms with E-state index in [0.29, 0.717) is 22.8 Å². The average Bonchev–Trinajstić information content (AvgIpc) is 2.81. The van der Waals surface area contributed by atoms with Crippen molar-refractivity contribution in [2.75, 3.05) is 6.54 Å². The lowest BCUT2D eigenvalue weighted by molar-refractivity contribution is -0.136. The molecule has 36 heavy (non-hydrogen) atoms. The van der Waals surface area contributed by atoms with Crippen LogP contribution in [-0.4, -0.2) is 31.2 Å². The maximum atomic E-state index is 14.1. The van der Waals surface area contributed by atoms with Crippen molar-refractivity contribution in [3.63, 3.8) is 0 Å². The molecule has 11 heteroatoms. The van der Waals surface area contributed by atoms with Crippen molar-refractivity contribution in [2.45, 2.75) is 30.5 Å².